The number of carbonyl (C=O) groups is 1. The van der Waals surface area contributed by atoms with Crippen LogP contribution in [0.2, 0.25) is 0 Å². The fourth-order valence-corrected chi connectivity index (χ4v) is 2.38. The topological polar surface area (TPSA) is 113 Å². The number of nitrogen functional groups attached to an aromatic ring is 1. The average Bonchev–Trinajstić information content (AvgIpc) is 2.37. The van der Waals surface area contributed by atoms with E-state index in [9.17, 15) is 14.9 Å². The third kappa shape index (κ3) is 2.58. The number of carboxylic acid groups (broad SMARTS) is 1. The number of nitro benzene ring substituents is 1. The molecule has 1 amide bonds. The zero-order chi connectivity index (χ0) is 14.9. The molecule has 0 aliphatic carbocycles. The van der Waals surface area contributed by atoms with Crippen LogP contribution in [-0.4, -0.2) is 47.2 Å². The SMILES string of the molecule is Cc1cc(N2CCN(C(=O)O)CC2)cc(N)c1[N+](=O)[O-]. The van der Waals surface area contributed by atoms with Crippen molar-refractivity contribution >= 4 is 23.2 Å². The predicted octanol–water partition coefficient (Wildman–Crippen LogP) is 1.29. The van der Waals surface area contributed by atoms with Crippen LogP contribution in [0.1, 0.15) is 5.56 Å². The second-order valence-corrected chi connectivity index (χ2v) is 4.71. The summed E-state index contributed by atoms with van der Waals surface area (Å²) in [6, 6.07) is 3.28. The summed E-state index contributed by atoms with van der Waals surface area (Å²) in [5, 5.41) is 19.8. The van der Waals surface area contributed by atoms with Gasteiger partial charge in [0.1, 0.15) is 5.69 Å². The number of benzene rings is 1. The molecule has 20 heavy (non-hydrogen) atoms. The van der Waals surface area contributed by atoms with Crippen molar-refractivity contribution in [1.29, 1.82) is 0 Å². The molecule has 1 aromatic rings. The molecule has 1 fully saturated rings. The van der Waals surface area contributed by atoms with Crippen LogP contribution < -0.4 is 10.6 Å². The second-order valence-electron chi connectivity index (χ2n) is 4.71. The standard InChI is InChI=1S/C12H16N4O4/c1-8-6-9(7-10(13)11(8)16(19)20)14-2-4-15(5-3-14)12(17)18/h6-7H,2-5,13H2,1H3,(H,17,18). The summed E-state index contributed by atoms with van der Waals surface area (Å²) in [5.41, 5.74) is 7.08. The number of nitrogens with two attached hydrogens (primary N) is 1. The highest BCUT2D eigenvalue weighted by atomic mass is 16.6. The van der Waals surface area contributed by atoms with E-state index in [4.69, 9.17) is 10.8 Å². The average molecular weight is 280 g/mol. The summed E-state index contributed by atoms with van der Waals surface area (Å²) in [7, 11) is 0. The molecule has 1 aromatic carbocycles. The minimum Gasteiger partial charge on any atom is -0.465 e. The van der Waals surface area contributed by atoms with Gasteiger partial charge in [-0.15, -0.1) is 0 Å². The zero-order valence-corrected chi connectivity index (χ0v) is 11.1. The Hall–Kier alpha value is -2.51. The van der Waals surface area contributed by atoms with Crippen LogP contribution in [0.5, 0.6) is 0 Å². The van der Waals surface area contributed by atoms with E-state index < -0.39 is 11.0 Å². The number of piperazine rings is 1. The highest BCUT2D eigenvalue weighted by Gasteiger charge is 2.23. The van der Waals surface area contributed by atoms with E-state index in [-0.39, 0.29) is 11.4 Å². The molecule has 2 rings (SSSR count). The molecule has 0 bridgehead atoms. The normalized spacial score (nSPS) is 15.2. The fourth-order valence-electron chi connectivity index (χ4n) is 2.38. The number of nitrogens with zero attached hydrogens (tertiary/aromatic N) is 3. The number of nitro groups is 1. The molecule has 8 heteroatoms. The Morgan fingerprint density at radius 2 is 1.95 bits per heavy atom. The molecule has 1 heterocycles. The van der Waals surface area contributed by atoms with E-state index in [1.165, 1.54) is 4.90 Å². The molecule has 1 aliphatic heterocycles. The molecule has 1 aliphatic rings. The number of aryl methyl sites for hydroxylation is 1. The zero-order valence-electron chi connectivity index (χ0n) is 11.1. The third-order valence-corrected chi connectivity index (χ3v) is 3.41. The van der Waals surface area contributed by atoms with Crippen molar-refractivity contribution in [2.45, 2.75) is 6.92 Å². The quantitative estimate of drug-likeness (QED) is 0.479. The van der Waals surface area contributed by atoms with Crippen LogP contribution in [0.15, 0.2) is 12.1 Å². The summed E-state index contributed by atoms with van der Waals surface area (Å²) in [6.07, 6.45) is -0.927. The van der Waals surface area contributed by atoms with Crippen LogP contribution >= 0.6 is 0 Å². The van der Waals surface area contributed by atoms with Gasteiger partial charge in [-0.2, -0.15) is 0 Å². The summed E-state index contributed by atoms with van der Waals surface area (Å²) in [4.78, 5) is 24.6. The molecule has 0 spiro atoms. The molecule has 0 atom stereocenters. The van der Waals surface area contributed by atoms with Crippen molar-refractivity contribution in [2.24, 2.45) is 0 Å². The highest BCUT2D eigenvalue weighted by Crippen LogP contribution is 2.31. The number of anilines is 2. The van der Waals surface area contributed by atoms with Crippen molar-refractivity contribution < 1.29 is 14.8 Å². The summed E-state index contributed by atoms with van der Waals surface area (Å²) >= 11 is 0. The van der Waals surface area contributed by atoms with Crippen molar-refractivity contribution in [3.63, 3.8) is 0 Å². The first-order valence-electron chi connectivity index (χ1n) is 6.17. The van der Waals surface area contributed by atoms with Gasteiger partial charge in [0.05, 0.1) is 4.92 Å². The smallest absolute Gasteiger partial charge is 0.407 e. The molecular formula is C12H16N4O4. The number of hydrogen-bond donors (Lipinski definition) is 2. The first-order valence-corrected chi connectivity index (χ1v) is 6.17. The van der Waals surface area contributed by atoms with Gasteiger partial charge in [0, 0.05) is 37.4 Å². The maximum absolute atomic E-state index is 10.9. The molecule has 0 unspecified atom stereocenters. The Bertz CT molecular complexity index is 529. The Kier molecular flexibility index (Phi) is 3.64. The maximum atomic E-state index is 10.9. The van der Waals surface area contributed by atoms with E-state index in [1.807, 2.05) is 4.90 Å². The van der Waals surface area contributed by atoms with Gasteiger partial charge in [-0.3, -0.25) is 10.1 Å². The Labute approximate surface area is 115 Å². The van der Waals surface area contributed by atoms with Gasteiger partial charge in [0.25, 0.3) is 5.69 Å². The van der Waals surface area contributed by atoms with Crippen molar-refractivity contribution in [3.05, 3.63) is 27.8 Å². The Balaban J connectivity index is 2.19. The van der Waals surface area contributed by atoms with Crippen molar-refractivity contribution in [3.8, 4) is 0 Å². The predicted molar refractivity (Wildman–Crippen MR) is 74.1 cm³/mol. The molecule has 0 saturated carbocycles. The molecule has 0 radical (unpaired) electrons. The molecular weight excluding hydrogens is 264 g/mol. The Morgan fingerprint density at radius 1 is 1.35 bits per heavy atom. The molecule has 1 saturated heterocycles. The van der Waals surface area contributed by atoms with Gasteiger partial charge in [-0.05, 0) is 19.1 Å². The minimum absolute atomic E-state index is 0.0714. The van der Waals surface area contributed by atoms with E-state index in [0.29, 0.717) is 31.7 Å². The van der Waals surface area contributed by atoms with Gasteiger partial charge >= 0.3 is 6.09 Å². The van der Waals surface area contributed by atoms with E-state index in [1.54, 1.807) is 19.1 Å². The van der Waals surface area contributed by atoms with Crippen LogP contribution in [0, 0.1) is 17.0 Å². The van der Waals surface area contributed by atoms with Crippen LogP contribution in [0.4, 0.5) is 21.9 Å². The third-order valence-electron chi connectivity index (χ3n) is 3.41. The summed E-state index contributed by atoms with van der Waals surface area (Å²) < 4.78 is 0. The van der Waals surface area contributed by atoms with Crippen molar-refractivity contribution in [2.75, 3.05) is 36.8 Å². The maximum Gasteiger partial charge on any atom is 0.407 e. The van der Waals surface area contributed by atoms with Crippen LogP contribution in [-0.2, 0) is 0 Å². The van der Waals surface area contributed by atoms with Gasteiger partial charge in [-0.25, -0.2) is 4.79 Å². The number of rotatable bonds is 2. The summed E-state index contributed by atoms with van der Waals surface area (Å²) in [6.45, 7) is 3.55. The largest absolute Gasteiger partial charge is 0.465 e. The molecule has 0 aromatic heterocycles. The fraction of sp³-hybridized carbons (Fsp3) is 0.417. The molecule has 3 N–H and O–H groups in total. The number of hydrogen-bond acceptors (Lipinski definition) is 5. The number of amides is 1. The van der Waals surface area contributed by atoms with Crippen LogP contribution in [0.3, 0.4) is 0 Å². The van der Waals surface area contributed by atoms with E-state index >= 15 is 0 Å². The van der Waals surface area contributed by atoms with Gasteiger partial charge in [-0.1, -0.05) is 0 Å². The highest BCUT2D eigenvalue weighted by molar-refractivity contribution is 5.71. The first-order chi connectivity index (χ1) is 9.40. The molecule has 8 nitrogen and oxygen atoms in total. The first kappa shape index (κ1) is 13.9. The van der Waals surface area contributed by atoms with E-state index in [0.717, 1.165) is 5.69 Å². The molecule has 108 valence electrons. The Morgan fingerprint density at radius 3 is 2.40 bits per heavy atom. The van der Waals surface area contributed by atoms with Gasteiger partial charge in [0.2, 0.25) is 0 Å². The second kappa shape index (κ2) is 5.24. The minimum atomic E-state index is -0.927. The lowest BCUT2D eigenvalue weighted by atomic mass is 10.1. The van der Waals surface area contributed by atoms with E-state index in [2.05, 4.69) is 0 Å². The monoisotopic (exact) mass is 280 g/mol. The van der Waals surface area contributed by atoms with Gasteiger partial charge in [0.15, 0.2) is 0 Å². The summed E-state index contributed by atoms with van der Waals surface area (Å²) in [5.74, 6) is 0. The lowest BCUT2D eigenvalue weighted by molar-refractivity contribution is -0.384. The lowest BCUT2D eigenvalue weighted by Gasteiger charge is -2.34. The van der Waals surface area contributed by atoms with Crippen LogP contribution in [0.25, 0.3) is 0 Å². The van der Waals surface area contributed by atoms with Crippen molar-refractivity contribution in [1.82, 2.24) is 4.90 Å². The lowest BCUT2D eigenvalue weighted by Crippen LogP contribution is -2.48. The van der Waals surface area contributed by atoms with Gasteiger partial charge < -0.3 is 20.6 Å².